The summed E-state index contributed by atoms with van der Waals surface area (Å²) in [7, 11) is 0. The first-order valence-corrected chi connectivity index (χ1v) is 8.50. The highest BCUT2D eigenvalue weighted by atomic mass is 19.4. The van der Waals surface area contributed by atoms with Gasteiger partial charge in [-0.15, -0.1) is 18.3 Å². The number of aromatic nitrogens is 3. The average molecular weight is 378 g/mol. The minimum absolute atomic E-state index is 0.210. The fourth-order valence-corrected chi connectivity index (χ4v) is 3.13. The van der Waals surface area contributed by atoms with Gasteiger partial charge in [-0.2, -0.15) is 0 Å². The van der Waals surface area contributed by atoms with Gasteiger partial charge >= 0.3 is 6.36 Å². The number of nitrogens with one attached hydrogen (secondary N) is 1. The molecule has 9 heteroatoms. The molecule has 1 aliphatic carbocycles. The first-order valence-electron chi connectivity index (χ1n) is 8.50. The molecule has 142 valence electrons. The van der Waals surface area contributed by atoms with Crippen molar-refractivity contribution in [3.63, 3.8) is 0 Å². The molecule has 3 aromatic rings. The summed E-state index contributed by atoms with van der Waals surface area (Å²) in [6, 6.07) is 9.28. The van der Waals surface area contributed by atoms with E-state index in [1.807, 2.05) is 0 Å². The van der Waals surface area contributed by atoms with Crippen LogP contribution >= 0.6 is 0 Å². The Hall–Kier alpha value is -2.81. The molecular formula is C18H17F3N4O2. The highest BCUT2D eigenvalue weighted by molar-refractivity contribution is 5.65. The Morgan fingerprint density at radius 1 is 1.22 bits per heavy atom. The summed E-state index contributed by atoms with van der Waals surface area (Å²) in [5.41, 5.74) is 1.65. The van der Waals surface area contributed by atoms with Gasteiger partial charge in [0.25, 0.3) is 0 Å². The molecular weight excluding hydrogens is 361 g/mol. The normalized spacial score (nSPS) is 19.7. The van der Waals surface area contributed by atoms with E-state index >= 15 is 0 Å². The van der Waals surface area contributed by atoms with Gasteiger partial charge in [0.1, 0.15) is 11.6 Å². The van der Waals surface area contributed by atoms with Crippen LogP contribution in [-0.2, 0) is 0 Å². The lowest BCUT2D eigenvalue weighted by molar-refractivity contribution is -0.274. The maximum absolute atomic E-state index is 12.5. The molecule has 27 heavy (non-hydrogen) atoms. The molecule has 2 heterocycles. The number of halogens is 3. The highest BCUT2D eigenvalue weighted by Gasteiger charge is 2.31. The molecule has 1 aliphatic rings. The number of ether oxygens (including phenoxy) is 1. The SMILES string of the molecule is OC1CC(CNc2ccc3ncc(-c4cccc(OC(F)(F)F)c4)n3n2)C1. The molecule has 6 nitrogen and oxygen atoms in total. The summed E-state index contributed by atoms with van der Waals surface area (Å²) in [4.78, 5) is 4.25. The van der Waals surface area contributed by atoms with E-state index in [0.717, 1.165) is 12.8 Å². The number of aliphatic hydroxyl groups excluding tert-OH is 1. The van der Waals surface area contributed by atoms with Crippen LogP contribution in [0.4, 0.5) is 19.0 Å². The van der Waals surface area contributed by atoms with Crippen molar-refractivity contribution in [3.8, 4) is 17.0 Å². The fourth-order valence-electron chi connectivity index (χ4n) is 3.13. The zero-order valence-corrected chi connectivity index (χ0v) is 14.1. The topological polar surface area (TPSA) is 71.7 Å². The third-order valence-corrected chi connectivity index (χ3v) is 4.51. The van der Waals surface area contributed by atoms with Crippen molar-refractivity contribution >= 4 is 11.5 Å². The lowest BCUT2D eigenvalue weighted by Crippen LogP contribution is -2.33. The average Bonchev–Trinajstić information content (AvgIpc) is 2.99. The Morgan fingerprint density at radius 3 is 2.78 bits per heavy atom. The number of nitrogens with zero attached hydrogens (tertiary/aromatic N) is 3. The summed E-state index contributed by atoms with van der Waals surface area (Å²) in [5.74, 6) is 0.745. The van der Waals surface area contributed by atoms with Crippen LogP contribution in [0.1, 0.15) is 12.8 Å². The predicted octanol–water partition coefficient (Wildman–Crippen LogP) is 3.48. The Labute approximate surface area is 152 Å². The number of rotatable bonds is 5. The van der Waals surface area contributed by atoms with Crippen molar-refractivity contribution in [1.29, 1.82) is 0 Å². The maximum atomic E-state index is 12.5. The van der Waals surface area contributed by atoms with E-state index in [2.05, 4.69) is 20.1 Å². The zero-order chi connectivity index (χ0) is 19.0. The van der Waals surface area contributed by atoms with Crippen molar-refractivity contribution in [2.24, 2.45) is 5.92 Å². The van der Waals surface area contributed by atoms with Crippen LogP contribution < -0.4 is 10.1 Å². The monoisotopic (exact) mass is 378 g/mol. The van der Waals surface area contributed by atoms with E-state index in [9.17, 15) is 18.3 Å². The molecule has 0 bridgehead atoms. The van der Waals surface area contributed by atoms with Crippen LogP contribution in [0.5, 0.6) is 5.75 Å². The van der Waals surface area contributed by atoms with E-state index in [1.165, 1.54) is 18.2 Å². The van der Waals surface area contributed by atoms with Crippen LogP contribution in [0.25, 0.3) is 16.9 Å². The molecule has 0 radical (unpaired) electrons. The molecule has 0 atom stereocenters. The van der Waals surface area contributed by atoms with Gasteiger partial charge in [-0.05, 0) is 43.0 Å². The number of hydrogen-bond donors (Lipinski definition) is 2. The third-order valence-electron chi connectivity index (χ3n) is 4.51. The minimum atomic E-state index is -4.75. The molecule has 2 aromatic heterocycles. The summed E-state index contributed by atoms with van der Waals surface area (Å²) in [5, 5.41) is 17.1. The first-order chi connectivity index (χ1) is 12.9. The number of fused-ring (bicyclic) bond motifs is 1. The van der Waals surface area contributed by atoms with Crippen LogP contribution in [0.2, 0.25) is 0 Å². The molecule has 1 saturated carbocycles. The van der Waals surface area contributed by atoms with Gasteiger partial charge in [0.15, 0.2) is 5.65 Å². The second-order valence-corrected chi connectivity index (χ2v) is 6.58. The molecule has 0 spiro atoms. The molecule has 0 amide bonds. The van der Waals surface area contributed by atoms with Crippen molar-refractivity contribution in [2.75, 3.05) is 11.9 Å². The highest BCUT2D eigenvalue weighted by Crippen LogP contribution is 2.29. The number of alkyl halides is 3. The van der Waals surface area contributed by atoms with Gasteiger partial charge in [-0.3, -0.25) is 0 Å². The standard InChI is InChI=1S/C18H17F3N4O2/c19-18(20,21)27-14-3-1-2-12(8-14)15-10-23-17-5-4-16(24-25(15)17)22-9-11-6-13(26)7-11/h1-5,8,10-11,13,26H,6-7,9H2,(H,22,24). The summed E-state index contributed by atoms with van der Waals surface area (Å²) in [6.45, 7) is 0.703. The van der Waals surface area contributed by atoms with Gasteiger partial charge < -0.3 is 15.2 Å². The summed E-state index contributed by atoms with van der Waals surface area (Å²) < 4.78 is 42.9. The molecule has 2 N–H and O–H groups in total. The van der Waals surface area contributed by atoms with Crippen LogP contribution in [0.15, 0.2) is 42.6 Å². The van der Waals surface area contributed by atoms with E-state index in [1.54, 1.807) is 28.9 Å². The van der Waals surface area contributed by atoms with E-state index in [4.69, 9.17) is 0 Å². The van der Waals surface area contributed by atoms with E-state index in [0.29, 0.717) is 35.2 Å². The Balaban J connectivity index is 1.58. The Bertz CT molecular complexity index is 951. The number of anilines is 1. The van der Waals surface area contributed by atoms with Crippen molar-refractivity contribution in [2.45, 2.75) is 25.3 Å². The number of benzene rings is 1. The first kappa shape index (κ1) is 17.6. The Morgan fingerprint density at radius 2 is 2.04 bits per heavy atom. The number of aliphatic hydroxyl groups is 1. The summed E-state index contributed by atoms with van der Waals surface area (Å²) in [6.07, 6.45) is -1.85. The lowest BCUT2D eigenvalue weighted by Gasteiger charge is -2.31. The van der Waals surface area contributed by atoms with E-state index in [-0.39, 0.29) is 11.9 Å². The second-order valence-electron chi connectivity index (χ2n) is 6.58. The van der Waals surface area contributed by atoms with Gasteiger partial charge in [-0.25, -0.2) is 9.50 Å². The van der Waals surface area contributed by atoms with Gasteiger partial charge in [0.05, 0.1) is 18.0 Å². The zero-order valence-electron chi connectivity index (χ0n) is 14.1. The lowest BCUT2D eigenvalue weighted by atomic mass is 9.82. The van der Waals surface area contributed by atoms with Crippen molar-refractivity contribution < 1.29 is 23.0 Å². The smallest absolute Gasteiger partial charge is 0.406 e. The fraction of sp³-hybridized carbons (Fsp3) is 0.333. The minimum Gasteiger partial charge on any atom is -0.406 e. The van der Waals surface area contributed by atoms with Crippen molar-refractivity contribution in [3.05, 3.63) is 42.6 Å². The Kier molecular flexibility index (Phi) is 4.39. The number of imidazole rings is 1. The number of hydrogen-bond acceptors (Lipinski definition) is 5. The molecule has 4 rings (SSSR count). The molecule has 0 aliphatic heterocycles. The quantitative estimate of drug-likeness (QED) is 0.711. The third kappa shape index (κ3) is 3.97. The van der Waals surface area contributed by atoms with E-state index < -0.39 is 6.36 Å². The molecule has 0 unspecified atom stereocenters. The van der Waals surface area contributed by atoms with Gasteiger partial charge in [0.2, 0.25) is 0 Å². The molecule has 0 saturated heterocycles. The van der Waals surface area contributed by atoms with Crippen molar-refractivity contribution in [1.82, 2.24) is 14.6 Å². The second kappa shape index (κ2) is 6.73. The van der Waals surface area contributed by atoms with Gasteiger partial charge in [0, 0.05) is 12.1 Å². The maximum Gasteiger partial charge on any atom is 0.573 e. The largest absolute Gasteiger partial charge is 0.573 e. The van der Waals surface area contributed by atoms with Gasteiger partial charge in [-0.1, -0.05) is 12.1 Å². The summed E-state index contributed by atoms with van der Waals surface area (Å²) >= 11 is 0. The van der Waals surface area contributed by atoms with Crippen LogP contribution in [0, 0.1) is 5.92 Å². The molecule has 1 fully saturated rings. The molecule has 1 aromatic carbocycles. The van der Waals surface area contributed by atoms with Crippen LogP contribution in [0.3, 0.4) is 0 Å². The van der Waals surface area contributed by atoms with Crippen LogP contribution in [-0.4, -0.2) is 38.7 Å². The predicted molar refractivity (Wildman–Crippen MR) is 92.3 cm³/mol.